The Balaban J connectivity index is 1.20. The van der Waals surface area contributed by atoms with Crippen LogP contribution in [0.1, 0.15) is 57.2 Å². The standard InChI is InChI=1S/C30H38F2N6O4/c1-36(19-22-6-4-5-15-41-22)29(39)20-9-11-21(12-10-20)42-26-18-25(34-30(35-26)37-13-16-40-17-14-37)38-24-8-3-2-7-23(24)33-28(38)27(31)32/h2-3,7-8,18,20-22,27H,4-6,9-17,19H2,1H3/t20-,21-,22?. The van der Waals surface area contributed by atoms with E-state index in [1.54, 1.807) is 30.3 Å². The molecule has 3 aromatic rings. The van der Waals surface area contributed by atoms with Crippen LogP contribution in [0.3, 0.4) is 0 Å². The number of ether oxygens (including phenoxy) is 3. The second kappa shape index (κ2) is 12.9. The van der Waals surface area contributed by atoms with Crippen molar-refractivity contribution in [1.29, 1.82) is 0 Å². The normalized spacial score (nSPS) is 23.3. The van der Waals surface area contributed by atoms with Crippen LogP contribution < -0.4 is 9.64 Å². The summed E-state index contributed by atoms with van der Waals surface area (Å²) in [5.74, 6) is 0.735. The summed E-state index contributed by atoms with van der Waals surface area (Å²) in [6, 6.07) is 8.63. The van der Waals surface area contributed by atoms with Crippen LogP contribution in [-0.2, 0) is 14.3 Å². The first kappa shape index (κ1) is 28.7. The molecule has 0 bridgehead atoms. The Morgan fingerprint density at radius 3 is 2.57 bits per heavy atom. The number of alkyl halides is 2. The molecular formula is C30H38F2N6O4. The van der Waals surface area contributed by atoms with Crippen LogP contribution in [0.15, 0.2) is 30.3 Å². The van der Waals surface area contributed by atoms with Crippen LogP contribution in [0.4, 0.5) is 14.7 Å². The molecule has 3 fully saturated rings. The number of morpholine rings is 1. The lowest BCUT2D eigenvalue weighted by atomic mass is 9.86. The van der Waals surface area contributed by atoms with Gasteiger partial charge in [-0.2, -0.15) is 9.97 Å². The number of para-hydroxylation sites is 2. The molecule has 42 heavy (non-hydrogen) atoms. The molecule has 3 aliphatic rings. The largest absolute Gasteiger partial charge is 0.474 e. The van der Waals surface area contributed by atoms with Gasteiger partial charge in [-0.3, -0.25) is 9.36 Å². The molecule has 1 amide bonds. The fraction of sp³-hybridized carbons (Fsp3) is 0.600. The zero-order chi connectivity index (χ0) is 29.1. The van der Waals surface area contributed by atoms with Crippen molar-refractivity contribution in [2.75, 3.05) is 51.4 Å². The number of halogens is 2. The Bertz CT molecular complexity index is 1370. The Labute approximate surface area is 244 Å². The van der Waals surface area contributed by atoms with Crippen LogP contribution in [-0.4, -0.2) is 89.0 Å². The van der Waals surface area contributed by atoms with E-state index in [1.807, 2.05) is 16.8 Å². The SMILES string of the molecule is CN(CC1CCCCO1)C(=O)[C@H]1CC[C@H](Oc2cc(-n3c(C(F)F)nc4ccccc43)nc(N3CCOCC3)n2)CC1. The molecule has 1 aliphatic carbocycles. The number of hydrogen-bond acceptors (Lipinski definition) is 8. The Morgan fingerprint density at radius 2 is 1.83 bits per heavy atom. The van der Waals surface area contributed by atoms with Crippen molar-refractivity contribution >= 4 is 22.9 Å². The lowest BCUT2D eigenvalue weighted by Gasteiger charge is -2.33. The van der Waals surface area contributed by atoms with Gasteiger partial charge in [-0.05, 0) is 57.1 Å². The van der Waals surface area contributed by atoms with E-state index in [0.717, 1.165) is 38.7 Å². The van der Waals surface area contributed by atoms with E-state index >= 15 is 0 Å². The van der Waals surface area contributed by atoms with Crippen LogP contribution in [0.2, 0.25) is 0 Å². The van der Waals surface area contributed by atoms with E-state index in [2.05, 4.69) is 9.97 Å². The highest BCUT2D eigenvalue weighted by Gasteiger charge is 2.31. The predicted octanol–water partition coefficient (Wildman–Crippen LogP) is 4.55. The molecule has 0 radical (unpaired) electrons. The van der Waals surface area contributed by atoms with Crippen LogP contribution in [0.5, 0.6) is 5.88 Å². The highest BCUT2D eigenvalue weighted by molar-refractivity contribution is 5.79. The number of aromatic nitrogens is 4. The minimum Gasteiger partial charge on any atom is -0.474 e. The van der Waals surface area contributed by atoms with E-state index in [4.69, 9.17) is 19.2 Å². The van der Waals surface area contributed by atoms with E-state index in [0.29, 0.717) is 68.6 Å². The van der Waals surface area contributed by atoms with E-state index in [1.165, 1.54) is 4.57 Å². The Kier molecular flexibility index (Phi) is 8.80. The number of imidazole rings is 1. The predicted molar refractivity (Wildman–Crippen MR) is 152 cm³/mol. The highest BCUT2D eigenvalue weighted by atomic mass is 19.3. The first-order valence-electron chi connectivity index (χ1n) is 15.0. The fourth-order valence-electron chi connectivity index (χ4n) is 6.17. The number of likely N-dealkylation sites (N-methyl/N-ethyl adjacent to an activating group) is 1. The minimum atomic E-state index is -2.79. The zero-order valence-corrected chi connectivity index (χ0v) is 24.0. The van der Waals surface area contributed by atoms with Gasteiger partial charge in [0.15, 0.2) is 5.82 Å². The molecule has 10 nitrogen and oxygen atoms in total. The molecule has 0 spiro atoms. The third-order valence-electron chi connectivity index (χ3n) is 8.42. The molecule has 12 heteroatoms. The number of anilines is 1. The molecule has 0 N–H and O–H groups in total. The van der Waals surface area contributed by atoms with E-state index in [-0.39, 0.29) is 35.7 Å². The van der Waals surface area contributed by atoms with Gasteiger partial charge in [0, 0.05) is 45.3 Å². The second-order valence-electron chi connectivity index (χ2n) is 11.4. The number of carbonyl (C=O) groups is 1. The summed E-state index contributed by atoms with van der Waals surface area (Å²) in [6.45, 7) is 3.63. The number of benzene rings is 1. The first-order valence-corrected chi connectivity index (χ1v) is 15.0. The summed E-state index contributed by atoms with van der Waals surface area (Å²) in [4.78, 5) is 30.5. The third kappa shape index (κ3) is 6.34. The molecule has 1 saturated carbocycles. The molecule has 2 aromatic heterocycles. The number of amides is 1. The maximum Gasteiger partial charge on any atom is 0.296 e. The fourth-order valence-corrected chi connectivity index (χ4v) is 6.17. The monoisotopic (exact) mass is 584 g/mol. The van der Waals surface area contributed by atoms with Crippen molar-refractivity contribution in [1.82, 2.24) is 24.4 Å². The average Bonchev–Trinajstić information content (AvgIpc) is 3.42. The maximum absolute atomic E-state index is 14.1. The molecule has 1 unspecified atom stereocenters. The summed E-state index contributed by atoms with van der Waals surface area (Å²) in [6.07, 6.45) is 3.26. The molecular weight excluding hydrogens is 546 g/mol. The van der Waals surface area contributed by atoms with Crippen molar-refractivity contribution in [3.8, 4) is 11.7 Å². The van der Waals surface area contributed by atoms with Crippen LogP contribution in [0.25, 0.3) is 16.9 Å². The number of carbonyl (C=O) groups excluding carboxylic acids is 1. The zero-order valence-electron chi connectivity index (χ0n) is 24.0. The lowest BCUT2D eigenvalue weighted by molar-refractivity contribution is -0.138. The van der Waals surface area contributed by atoms with Crippen molar-refractivity contribution < 1.29 is 27.8 Å². The third-order valence-corrected chi connectivity index (χ3v) is 8.42. The molecule has 4 heterocycles. The lowest BCUT2D eigenvalue weighted by Crippen LogP contribution is -2.41. The van der Waals surface area contributed by atoms with Crippen molar-refractivity contribution in [3.05, 3.63) is 36.2 Å². The van der Waals surface area contributed by atoms with Gasteiger partial charge in [-0.1, -0.05) is 12.1 Å². The van der Waals surface area contributed by atoms with Gasteiger partial charge < -0.3 is 24.0 Å². The van der Waals surface area contributed by atoms with Crippen LogP contribution >= 0.6 is 0 Å². The number of rotatable bonds is 8. The molecule has 226 valence electrons. The summed E-state index contributed by atoms with van der Waals surface area (Å²) in [7, 11) is 1.87. The minimum absolute atomic E-state index is 0.0470. The molecule has 6 rings (SSSR count). The number of nitrogens with zero attached hydrogens (tertiary/aromatic N) is 6. The van der Waals surface area contributed by atoms with Gasteiger partial charge in [-0.15, -0.1) is 0 Å². The summed E-state index contributed by atoms with van der Waals surface area (Å²) in [5, 5.41) is 0. The smallest absolute Gasteiger partial charge is 0.296 e. The Hall–Kier alpha value is -3.38. The summed E-state index contributed by atoms with van der Waals surface area (Å²) >= 11 is 0. The number of hydrogen-bond donors (Lipinski definition) is 0. The topological polar surface area (TPSA) is 94.8 Å². The Morgan fingerprint density at radius 1 is 1.05 bits per heavy atom. The van der Waals surface area contributed by atoms with Gasteiger partial charge in [0.1, 0.15) is 11.9 Å². The van der Waals surface area contributed by atoms with Crippen LogP contribution in [0, 0.1) is 5.92 Å². The summed E-state index contributed by atoms with van der Waals surface area (Å²) in [5.41, 5.74) is 0.997. The van der Waals surface area contributed by atoms with Gasteiger partial charge in [-0.25, -0.2) is 13.8 Å². The highest BCUT2D eigenvalue weighted by Crippen LogP contribution is 2.32. The van der Waals surface area contributed by atoms with Gasteiger partial charge >= 0.3 is 0 Å². The van der Waals surface area contributed by atoms with Gasteiger partial charge in [0.05, 0.1) is 30.4 Å². The molecule has 1 aromatic carbocycles. The summed E-state index contributed by atoms with van der Waals surface area (Å²) < 4.78 is 47.4. The van der Waals surface area contributed by atoms with Crippen molar-refractivity contribution in [2.45, 2.75) is 63.6 Å². The number of fused-ring (bicyclic) bond motifs is 1. The van der Waals surface area contributed by atoms with Gasteiger partial charge in [0.2, 0.25) is 17.7 Å². The van der Waals surface area contributed by atoms with E-state index < -0.39 is 6.43 Å². The van der Waals surface area contributed by atoms with Crippen molar-refractivity contribution in [2.24, 2.45) is 5.92 Å². The quantitative estimate of drug-likeness (QED) is 0.381. The maximum atomic E-state index is 14.1. The van der Waals surface area contributed by atoms with Crippen molar-refractivity contribution in [3.63, 3.8) is 0 Å². The first-order chi connectivity index (χ1) is 20.5. The molecule has 2 aliphatic heterocycles. The molecule has 2 saturated heterocycles. The van der Waals surface area contributed by atoms with E-state index in [9.17, 15) is 13.6 Å². The average molecular weight is 585 g/mol. The second-order valence-corrected chi connectivity index (χ2v) is 11.4. The van der Waals surface area contributed by atoms with Gasteiger partial charge in [0.25, 0.3) is 6.43 Å². The molecule has 1 atom stereocenters.